The molecule has 6 nitrogen and oxygen atoms in total. The van der Waals surface area contributed by atoms with E-state index in [1.807, 2.05) is 24.5 Å². The molecule has 0 radical (unpaired) electrons. The van der Waals surface area contributed by atoms with Gasteiger partial charge in [0.05, 0.1) is 0 Å². The highest BCUT2D eigenvalue weighted by Gasteiger charge is 2.28. The molecular weight excluding hydrogens is 398 g/mol. The second kappa shape index (κ2) is 15.7. The Morgan fingerprint density at radius 3 is 2.00 bits per heavy atom. The summed E-state index contributed by atoms with van der Waals surface area (Å²) in [4.78, 5) is 0. The molecule has 7 heteroatoms. The lowest BCUT2D eigenvalue weighted by Gasteiger charge is -2.15. The molecule has 0 aliphatic heterocycles. The summed E-state index contributed by atoms with van der Waals surface area (Å²) < 4.78 is 32.0. The molecule has 0 aliphatic carbocycles. The van der Waals surface area contributed by atoms with E-state index in [0.29, 0.717) is 6.42 Å². The van der Waals surface area contributed by atoms with Gasteiger partial charge in [0.1, 0.15) is 5.37 Å². The van der Waals surface area contributed by atoms with Crippen molar-refractivity contribution in [3.63, 3.8) is 0 Å². The fraction of sp³-hybridized carbons (Fsp3) is 0.783. The number of pyridine rings is 1. The zero-order valence-corrected chi connectivity index (χ0v) is 19.9. The summed E-state index contributed by atoms with van der Waals surface area (Å²) in [5, 5.41) is -0.972. The van der Waals surface area contributed by atoms with Crippen molar-refractivity contribution in [2.24, 2.45) is 11.5 Å². The van der Waals surface area contributed by atoms with Crippen molar-refractivity contribution >= 4 is 10.1 Å². The van der Waals surface area contributed by atoms with Crippen molar-refractivity contribution in [1.82, 2.24) is 0 Å². The van der Waals surface area contributed by atoms with E-state index in [9.17, 15) is 8.42 Å². The standard InChI is InChI=1S/C23H44N3O3S/c1-3-4-14-22-16-19-26(20-17-22)21(2)29-30(27,28)23(25)15-12-10-8-6-5-7-9-11-13-18-24/h16-17,19-21,23H,3-15,18,24-25H2,1-2H3/q+1. The van der Waals surface area contributed by atoms with Gasteiger partial charge in [-0.25, -0.2) is 4.18 Å². The fourth-order valence-electron chi connectivity index (χ4n) is 3.45. The van der Waals surface area contributed by atoms with Crippen molar-refractivity contribution < 1.29 is 17.2 Å². The molecule has 30 heavy (non-hydrogen) atoms. The van der Waals surface area contributed by atoms with Crippen LogP contribution in [0, 0.1) is 0 Å². The molecule has 4 N–H and O–H groups in total. The van der Waals surface area contributed by atoms with Gasteiger partial charge in [0.15, 0.2) is 12.4 Å². The lowest BCUT2D eigenvalue weighted by Crippen LogP contribution is -2.42. The lowest BCUT2D eigenvalue weighted by atomic mass is 10.1. The number of rotatable bonds is 18. The van der Waals surface area contributed by atoms with E-state index in [4.69, 9.17) is 15.7 Å². The van der Waals surface area contributed by atoms with Crippen LogP contribution < -0.4 is 16.0 Å². The van der Waals surface area contributed by atoms with Gasteiger partial charge in [-0.2, -0.15) is 13.0 Å². The summed E-state index contributed by atoms with van der Waals surface area (Å²) in [5.41, 5.74) is 12.7. The second-order valence-electron chi connectivity index (χ2n) is 8.24. The molecule has 1 rings (SSSR count). The van der Waals surface area contributed by atoms with Gasteiger partial charge in [-0.3, -0.25) is 0 Å². The molecule has 0 fully saturated rings. The van der Waals surface area contributed by atoms with E-state index in [1.54, 1.807) is 11.5 Å². The van der Waals surface area contributed by atoms with Crippen LogP contribution in [-0.2, 0) is 20.7 Å². The summed E-state index contributed by atoms with van der Waals surface area (Å²) in [5.74, 6) is 0. The summed E-state index contributed by atoms with van der Waals surface area (Å²) in [7, 11) is -3.80. The van der Waals surface area contributed by atoms with Crippen LogP contribution in [0.4, 0.5) is 0 Å². The van der Waals surface area contributed by atoms with E-state index in [1.165, 1.54) is 37.7 Å². The van der Waals surface area contributed by atoms with Gasteiger partial charge < -0.3 is 11.5 Å². The number of unbranched alkanes of at least 4 members (excludes halogenated alkanes) is 9. The maximum atomic E-state index is 12.4. The minimum Gasteiger partial charge on any atom is -0.330 e. The molecule has 0 saturated heterocycles. The number of hydrogen-bond acceptors (Lipinski definition) is 5. The molecule has 0 saturated carbocycles. The minimum absolute atomic E-state index is 0.437. The Morgan fingerprint density at radius 2 is 1.47 bits per heavy atom. The minimum atomic E-state index is -3.80. The average Bonchev–Trinajstić information content (AvgIpc) is 2.73. The molecule has 0 spiro atoms. The van der Waals surface area contributed by atoms with Crippen LogP contribution in [0.2, 0.25) is 0 Å². The monoisotopic (exact) mass is 442 g/mol. The molecule has 2 unspecified atom stereocenters. The first-order chi connectivity index (χ1) is 14.4. The molecule has 174 valence electrons. The van der Waals surface area contributed by atoms with Crippen LogP contribution in [-0.4, -0.2) is 20.3 Å². The van der Waals surface area contributed by atoms with Crippen molar-refractivity contribution in [3.8, 4) is 0 Å². The highest BCUT2D eigenvalue weighted by molar-refractivity contribution is 7.87. The molecular formula is C23H44N3O3S+. The van der Waals surface area contributed by atoms with Gasteiger partial charge >= 0.3 is 0 Å². The number of aryl methyl sites for hydroxylation is 1. The van der Waals surface area contributed by atoms with Gasteiger partial charge in [0, 0.05) is 19.1 Å². The van der Waals surface area contributed by atoms with Crippen LogP contribution in [0.25, 0.3) is 0 Å². The first-order valence-electron chi connectivity index (χ1n) is 11.8. The van der Waals surface area contributed by atoms with Gasteiger partial charge in [-0.05, 0) is 37.8 Å². The predicted octanol–water partition coefficient (Wildman–Crippen LogP) is 4.33. The Balaban J connectivity index is 2.27. The van der Waals surface area contributed by atoms with Gasteiger partial charge in [0.2, 0.25) is 0 Å². The Bertz CT molecular complexity index is 650. The smallest absolute Gasteiger partial charge is 0.288 e. The first kappa shape index (κ1) is 27.0. The normalized spacial score (nSPS) is 14.0. The van der Waals surface area contributed by atoms with E-state index in [0.717, 1.165) is 51.5 Å². The van der Waals surface area contributed by atoms with E-state index in [-0.39, 0.29) is 0 Å². The third-order valence-electron chi connectivity index (χ3n) is 5.50. The topological polar surface area (TPSA) is 99.3 Å². The molecule has 2 atom stereocenters. The van der Waals surface area contributed by atoms with Gasteiger partial charge in [-0.15, -0.1) is 0 Å². The average molecular weight is 443 g/mol. The largest absolute Gasteiger partial charge is 0.330 e. The number of nitrogens with zero attached hydrogens (tertiary/aromatic N) is 1. The number of nitrogens with two attached hydrogens (primary N) is 2. The number of aromatic nitrogens is 1. The molecule has 0 aromatic carbocycles. The molecule has 0 aliphatic rings. The fourth-order valence-corrected chi connectivity index (χ4v) is 4.53. The van der Waals surface area contributed by atoms with Crippen LogP contribution in [0.1, 0.15) is 103 Å². The zero-order valence-electron chi connectivity index (χ0n) is 19.1. The van der Waals surface area contributed by atoms with Crippen molar-refractivity contribution in [3.05, 3.63) is 30.1 Å². The van der Waals surface area contributed by atoms with E-state index in [2.05, 4.69) is 6.92 Å². The molecule has 1 heterocycles. The van der Waals surface area contributed by atoms with E-state index < -0.39 is 21.7 Å². The van der Waals surface area contributed by atoms with Crippen LogP contribution >= 0.6 is 0 Å². The molecule has 1 aromatic heterocycles. The second-order valence-corrected chi connectivity index (χ2v) is 10.0. The van der Waals surface area contributed by atoms with Crippen LogP contribution in [0.3, 0.4) is 0 Å². The Morgan fingerprint density at radius 1 is 0.933 bits per heavy atom. The summed E-state index contributed by atoms with van der Waals surface area (Å²) >= 11 is 0. The zero-order chi connectivity index (χ0) is 22.2. The maximum Gasteiger partial charge on any atom is 0.288 e. The SMILES string of the molecule is CCCCc1cc[n+](C(C)OS(=O)(=O)C(N)CCCCCCCCCCCN)cc1. The molecule has 0 bridgehead atoms. The van der Waals surface area contributed by atoms with Crippen molar-refractivity contribution in [1.29, 1.82) is 0 Å². The maximum absolute atomic E-state index is 12.4. The third-order valence-corrected chi connectivity index (χ3v) is 7.02. The highest BCUT2D eigenvalue weighted by atomic mass is 32.2. The third kappa shape index (κ3) is 11.4. The summed E-state index contributed by atoms with van der Waals surface area (Å²) in [6.07, 6.45) is 17.1. The van der Waals surface area contributed by atoms with Crippen molar-refractivity contribution in [2.45, 2.75) is 109 Å². The van der Waals surface area contributed by atoms with Crippen LogP contribution in [0.15, 0.2) is 24.5 Å². The Hall–Kier alpha value is -1.02. The Labute approximate surface area is 184 Å². The highest BCUT2D eigenvalue weighted by Crippen LogP contribution is 2.15. The van der Waals surface area contributed by atoms with Gasteiger partial charge in [0.25, 0.3) is 16.3 Å². The van der Waals surface area contributed by atoms with Gasteiger partial charge in [-0.1, -0.05) is 64.7 Å². The first-order valence-corrected chi connectivity index (χ1v) is 13.2. The summed E-state index contributed by atoms with van der Waals surface area (Å²) in [6, 6.07) is 4.03. The quantitative estimate of drug-likeness (QED) is 0.200. The van der Waals surface area contributed by atoms with E-state index >= 15 is 0 Å². The lowest BCUT2D eigenvalue weighted by molar-refractivity contribution is -0.750. The Kier molecular flexibility index (Phi) is 14.2. The number of hydrogen-bond donors (Lipinski definition) is 2. The van der Waals surface area contributed by atoms with Crippen molar-refractivity contribution in [2.75, 3.05) is 6.54 Å². The summed E-state index contributed by atoms with van der Waals surface area (Å²) in [6.45, 7) is 4.68. The molecule has 0 amide bonds. The predicted molar refractivity (Wildman–Crippen MR) is 123 cm³/mol. The van der Waals surface area contributed by atoms with Crippen LogP contribution in [0.5, 0.6) is 0 Å². The molecule has 1 aromatic rings.